The molecule has 116 valence electrons. The van der Waals surface area contributed by atoms with E-state index in [0.29, 0.717) is 5.92 Å². The fourth-order valence-electron chi connectivity index (χ4n) is 6.46. The Morgan fingerprint density at radius 1 is 1.24 bits per heavy atom. The van der Waals surface area contributed by atoms with Crippen LogP contribution >= 0.6 is 0 Å². The summed E-state index contributed by atoms with van der Waals surface area (Å²) < 4.78 is 0. The van der Waals surface area contributed by atoms with Gasteiger partial charge in [-0.25, -0.2) is 0 Å². The third-order valence-electron chi connectivity index (χ3n) is 7.85. The second kappa shape index (κ2) is 4.72. The summed E-state index contributed by atoms with van der Waals surface area (Å²) in [5, 5.41) is 11.1. The van der Waals surface area contributed by atoms with E-state index < -0.39 is 5.60 Å². The molecule has 0 amide bonds. The standard InChI is InChI=1S/C20H30O/c1-3-20(21)13-11-18-17-9-8-14-6-4-5-7-15(14)16(17)10-12-19(18,20)2/h6,8-9,15-18,21H,3-5,7,10-13H2,1-2H3/t15-,16+,17+,18-,19-,20+/m0/s1. The number of hydrogen-bond donors (Lipinski definition) is 1. The molecule has 0 aromatic carbocycles. The maximum atomic E-state index is 11.1. The van der Waals surface area contributed by atoms with E-state index in [1.54, 1.807) is 5.57 Å². The number of aliphatic hydroxyl groups is 1. The Kier molecular flexibility index (Phi) is 3.16. The van der Waals surface area contributed by atoms with Gasteiger partial charge < -0.3 is 5.11 Å². The zero-order valence-electron chi connectivity index (χ0n) is 13.6. The minimum atomic E-state index is -0.404. The molecule has 0 saturated heterocycles. The van der Waals surface area contributed by atoms with E-state index in [4.69, 9.17) is 0 Å². The molecule has 0 bridgehead atoms. The normalized spacial score (nSPS) is 51.9. The van der Waals surface area contributed by atoms with Crippen LogP contribution in [-0.2, 0) is 0 Å². The molecule has 0 aromatic rings. The highest BCUT2D eigenvalue weighted by molar-refractivity contribution is 5.31. The lowest BCUT2D eigenvalue weighted by atomic mass is 9.52. The molecule has 0 aromatic heterocycles. The molecule has 4 aliphatic carbocycles. The molecule has 0 unspecified atom stereocenters. The van der Waals surface area contributed by atoms with Crippen molar-refractivity contribution >= 4 is 0 Å². The van der Waals surface area contributed by atoms with Gasteiger partial charge in [0.1, 0.15) is 0 Å². The van der Waals surface area contributed by atoms with Crippen LogP contribution in [0, 0.1) is 29.1 Å². The first-order valence-corrected chi connectivity index (χ1v) is 9.20. The van der Waals surface area contributed by atoms with E-state index >= 15 is 0 Å². The Hall–Kier alpha value is -0.560. The Bertz CT molecular complexity index is 490. The van der Waals surface area contributed by atoms with Gasteiger partial charge in [0.25, 0.3) is 0 Å². The molecule has 1 nitrogen and oxygen atoms in total. The molecule has 0 spiro atoms. The van der Waals surface area contributed by atoms with Crippen LogP contribution in [0.15, 0.2) is 23.8 Å². The quantitative estimate of drug-likeness (QED) is 0.729. The molecular formula is C20H30O. The smallest absolute Gasteiger partial charge is 0.0701 e. The Balaban J connectivity index is 1.69. The first-order chi connectivity index (χ1) is 10.1. The third-order valence-corrected chi connectivity index (χ3v) is 7.85. The molecule has 2 fully saturated rings. The van der Waals surface area contributed by atoms with Crippen molar-refractivity contribution in [3.63, 3.8) is 0 Å². The van der Waals surface area contributed by atoms with Gasteiger partial charge in [0, 0.05) is 0 Å². The van der Waals surface area contributed by atoms with Gasteiger partial charge in [0.15, 0.2) is 0 Å². The van der Waals surface area contributed by atoms with Gasteiger partial charge in [-0.1, -0.05) is 32.1 Å². The summed E-state index contributed by atoms with van der Waals surface area (Å²) in [7, 11) is 0. The van der Waals surface area contributed by atoms with Crippen molar-refractivity contribution in [1.82, 2.24) is 0 Å². The van der Waals surface area contributed by atoms with Crippen LogP contribution in [-0.4, -0.2) is 10.7 Å². The number of rotatable bonds is 1. The van der Waals surface area contributed by atoms with Crippen molar-refractivity contribution in [2.45, 2.75) is 70.8 Å². The van der Waals surface area contributed by atoms with E-state index in [0.717, 1.165) is 30.6 Å². The van der Waals surface area contributed by atoms with Gasteiger partial charge in [-0.15, -0.1) is 0 Å². The maximum Gasteiger partial charge on any atom is 0.0701 e. The van der Waals surface area contributed by atoms with Gasteiger partial charge in [-0.3, -0.25) is 0 Å². The maximum absolute atomic E-state index is 11.1. The lowest BCUT2D eigenvalue weighted by molar-refractivity contribution is -0.108. The average Bonchev–Trinajstić information content (AvgIpc) is 2.79. The van der Waals surface area contributed by atoms with E-state index in [9.17, 15) is 5.11 Å². The molecule has 21 heavy (non-hydrogen) atoms. The fourth-order valence-corrected chi connectivity index (χ4v) is 6.46. The number of hydrogen-bond acceptors (Lipinski definition) is 1. The highest BCUT2D eigenvalue weighted by atomic mass is 16.3. The van der Waals surface area contributed by atoms with Gasteiger partial charge in [-0.05, 0) is 86.0 Å². The largest absolute Gasteiger partial charge is 0.389 e. The van der Waals surface area contributed by atoms with Crippen LogP contribution in [0.5, 0.6) is 0 Å². The molecule has 0 heterocycles. The second-order valence-corrected chi connectivity index (χ2v) is 8.33. The highest BCUT2D eigenvalue weighted by Crippen LogP contribution is 2.64. The van der Waals surface area contributed by atoms with E-state index in [1.807, 2.05) is 0 Å². The molecule has 4 aliphatic rings. The summed E-state index contributed by atoms with van der Waals surface area (Å²) in [5.41, 5.74) is 1.39. The number of fused-ring (bicyclic) bond motifs is 5. The van der Waals surface area contributed by atoms with Gasteiger partial charge in [0.05, 0.1) is 5.60 Å². The van der Waals surface area contributed by atoms with Gasteiger partial charge in [-0.2, -0.15) is 0 Å². The van der Waals surface area contributed by atoms with Crippen LogP contribution < -0.4 is 0 Å². The third kappa shape index (κ3) is 1.79. The first-order valence-electron chi connectivity index (χ1n) is 9.20. The van der Waals surface area contributed by atoms with Crippen molar-refractivity contribution in [2.75, 3.05) is 0 Å². The van der Waals surface area contributed by atoms with Gasteiger partial charge in [0.2, 0.25) is 0 Å². The zero-order chi connectivity index (χ0) is 14.7. The average molecular weight is 286 g/mol. The second-order valence-electron chi connectivity index (χ2n) is 8.33. The Morgan fingerprint density at radius 2 is 2.10 bits per heavy atom. The summed E-state index contributed by atoms with van der Waals surface area (Å²) in [6.07, 6.45) is 17.3. The van der Waals surface area contributed by atoms with Crippen molar-refractivity contribution in [3.8, 4) is 0 Å². The molecule has 1 N–H and O–H groups in total. The summed E-state index contributed by atoms with van der Waals surface area (Å²) in [5.74, 6) is 3.12. The molecule has 2 saturated carbocycles. The van der Waals surface area contributed by atoms with E-state index in [2.05, 4.69) is 32.1 Å². The minimum Gasteiger partial charge on any atom is -0.389 e. The van der Waals surface area contributed by atoms with Crippen molar-refractivity contribution in [3.05, 3.63) is 23.8 Å². The lowest BCUT2D eigenvalue weighted by Gasteiger charge is -2.54. The Labute approximate surface area is 129 Å². The Morgan fingerprint density at radius 3 is 2.90 bits per heavy atom. The van der Waals surface area contributed by atoms with Crippen LogP contribution in [0.4, 0.5) is 0 Å². The van der Waals surface area contributed by atoms with E-state index in [-0.39, 0.29) is 5.41 Å². The topological polar surface area (TPSA) is 20.2 Å². The molecule has 0 radical (unpaired) electrons. The van der Waals surface area contributed by atoms with Crippen LogP contribution in [0.3, 0.4) is 0 Å². The zero-order valence-corrected chi connectivity index (χ0v) is 13.6. The number of allylic oxidation sites excluding steroid dienone is 4. The molecular weight excluding hydrogens is 256 g/mol. The van der Waals surface area contributed by atoms with E-state index in [1.165, 1.54) is 38.5 Å². The van der Waals surface area contributed by atoms with Crippen LogP contribution in [0.25, 0.3) is 0 Å². The molecule has 6 atom stereocenters. The molecule has 1 heteroatoms. The summed E-state index contributed by atoms with van der Waals surface area (Å²) in [4.78, 5) is 0. The minimum absolute atomic E-state index is 0.156. The van der Waals surface area contributed by atoms with Crippen molar-refractivity contribution in [1.29, 1.82) is 0 Å². The fraction of sp³-hybridized carbons (Fsp3) is 0.800. The summed E-state index contributed by atoms with van der Waals surface area (Å²) >= 11 is 0. The van der Waals surface area contributed by atoms with Crippen molar-refractivity contribution < 1.29 is 5.11 Å². The van der Waals surface area contributed by atoms with Crippen LogP contribution in [0.1, 0.15) is 65.2 Å². The summed E-state index contributed by atoms with van der Waals surface area (Å²) in [6, 6.07) is 0. The summed E-state index contributed by atoms with van der Waals surface area (Å²) in [6.45, 7) is 4.57. The predicted octanol–water partition coefficient (Wildman–Crippen LogP) is 4.87. The molecule has 0 aliphatic heterocycles. The van der Waals surface area contributed by atoms with Crippen molar-refractivity contribution in [2.24, 2.45) is 29.1 Å². The first kappa shape index (κ1) is 14.1. The SMILES string of the molecule is CC[C@@]1(O)CC[C@H]2[C@@H]3C=CC4=CCCC[C@@H]4[C@H]3CC[C@@]21C. The van der Waals surface area contributed by atoms with Crippen LogP contribution in [0.2, 0.25) is 0 Å². The monoisotopic (exact) mass is 286 g/mol. The lowest BCUT2D eigenvalue weighted by Crippen LogP contribution is -2.51. The predicted molar refractivity (Wildman–Crippen MR) is 86.8 cm³/mol. The van der Waals surface area contributed by atoms with Gasteiger partial charge >= 0.3 is 0 Å². The molecule has 4 rings (SSSR count). The highest BCUT2D eigenvalue weighted by Gasteiger charge is 2.60.